The van der Waals surface area contributed by atoms with Crippen molar-refractivity contribution >= 4 is 0 Å². The van der Waals surface area contributed by atoms with E-state index in [9.17, 15) is 30.7 Å². The average molecular weight is 309 g/mol. The number of hydrogen-bond donors (Lipinski definition) is 0. The van der Waals surface area contributed by atoms with Gasteiger partial charge in [0, 0.05) is 11.8 Å². The molecule has 0 atom stereocenters. The predicted octanol–water partition coefficient (Wildman–Crippen LogP) is 4.93. The van der Waals surface area contributed by atoms with Crippen molar-refractivity contribution in [2.24, 2.45) is 0 Å². The van der Waals surface area contributed by atoms with E-state index in [1.165, 1.54) is 6.07 Å². The van der Waals surface area contributed by atoms with Crippen LogP contribution in [0.2, 0.25) is 0 Å². The number of rotatable bonds is 1. The fourth-order valence-electron chi connectivity index (χ4n) is 1.81. The van der Waals surface area contributed by atoms with E-state index in [2.05, 4.69) is 4.98 Å². The lowest BCUT2D eigenvalue weighted by Crippen LogP contribution is -2.13. The topological polar surface area (TPSA) is 12.9 Å². The molecule has 1 heterocycles. The summed E-state index contributed by atoms with van der Waals surface area (Å²) in [7, 11) is 0. The first kappa shape index (κ1) is 15.3. The Balaban J connectivity index is 2.70. The first-order valence-corrected chi connectivity index (χ1v) is 5.50. The van der Waals surface area contributed by atoms with Crippen LogP contribution in [0.25, 0.3) is 11.1 Å². The summed E-state index contributed by atoms with van der Waals surface area (Å²) in [6.07, 6.45) is -9.29. The normalized spacial score (nSPS) is 12.5. The van der Waals surface area contributed by atoms with Crippen LogP contribution in [0.5, 0.6) is 0 Å². The van der Waals surface area contributed by atoms with Crippen LogP contribution in [0.1, 0.15) is 11.3 Å². The number of alkyl halides is 6. The van der Waals surface area contributed by atoms with E-state index in [-0.39, 0.29) is 0 Å². The van der Waals surface area contributed by atoms with Crippen LogP contribution in [0.15, 0.2) is 36.5 Å². The Kier molecular flexibility index (Phi) is 3.65. The van der Waals surface area contributed by atoms with Crippen LogP contribution in [-0.4, -0.2) is 4.98 Å². The standard InChI is InChI=1S/C13H6F7N/c14-10-8(5-6-21-11(10)13(18,19)20)7-3-1-2-4-9(7)12(15,16)17/h1-6H. The van der Waals surface area contributed by atoms with Crippen LogP contribution in [-0.2, 0) is 12.4 Å². The summed E-state index contributed by atoms with van der Waals surface area (Å²) in [6, 6.07) is 4.59. The van der Waals surface area contributed by atoms with Crippen molar-refractivity contribution in [3.63, 3.8) is 0 Å². The van der Waals surface area contributed by atoms with E-state index in [4.69, 9.17) is 0 Å². The molecule has 0 amide bonds. The summed E-state index contributed by atoms with van der Waals surface area (Å²) in [5, 5.41) is 0. The Morgan fingerprint density at radius 1 is 0.762 bits per heavy atom. The fourth-order valence-corrected chi connectivity index (χ4v) is 1.81. The van der Waals surface area contributed by atoms with Crippen LogP contribution in [0.3, 0.4) is 0 Å². The predicted molar refractivity (Wildman–Crippen MR) is 59.6 cm³/mol. The van der Waals surface area contributed by atoms with Crippen molar-refractivity contribution in [2.75, 3.05) is 0 Å². The van der Waals surface area contributed by atoms with Gasteiger partial charge < -0.3 is 0 Å². The van der Waals surface area contributed by atoms with E-state index in [0.29, 0.717) is 12.3 Å². The highest BCUT2D eigenvalue weighted by Crippen LogP contribution is 2.39. The Labute approximate surface area is 114 Å². The van der Waals surface area contributed by atoms with Crippen LogP contribution in [0, 0.1) is 5.82 Å². The Morgan fingerprint density at radius 3 is 1.95 bits per heavy atom. The molecule has 0 aliphatic carbocycles. The van der Waals surface area contributed by atoms with Gasteiger partial charge >= 0.3 is 12.4 Å². The molecular weight excluding hydrogens is 303 g/mol. The largest absolute Gasteiger partial charge is 0.436 e. The Bertz CT molecular complexity index is 658. The SMILES string of the molecule is Fc1c(-c2ccccc2C(F)(F)F)ccnc1C(F)(F)F. The quantitative estimate of drug-likeness (QED) is 0.681. The first-order valence-electron chi connectivity index (χ1n) is 5.50. The molecule has 2 aromatic rings. The third-order valence-corrected chi connectivity index (χ3v) is 2.68. The summed E-state index contributed by atoms with van der Waals surface area (Å²) in [4.78, 5) is 2.85. The molecule has 21 heavy (non-hydrogen) atoms. The summed E-state index contributed by atoms with van der Waals surface area (Å²) in [5.41, 5.74) is -4.54. The second-order valence-electron chi connectivity index (χ2n) is 4.06. The molecule has 0 aliphatic rings. The van der Waals surface area contributed by atoms with E-state index in [0.717, 1.165) is 18.2 Å². The van der Waals surface area contributed by atoms with Crippen molar-refractivity contribution in [2.45, 2.75) is 12.4 Å². The molecule has 0 fully saturated rings. The molecule has 2 rings (SSSR count). The van der Waals surface area contributed by atoms with Crippen molar-refractivity contribution in [3.8, 4) is 11.1 Å². The van der Waals surface area contributed by atoms with Crippen LogP contribution >= 0.6 is 0 Å². The lowest BCUT2D eigenvalue weighted by atomic mass is 9.99. The number of nitrogens with zero attached hydrogens (tertiary/aromatic N) is 1. The van der Waals surface area contributed by atoms with Gasteiger partial charge in [-0.1, -0.05) is 18.2 Å². The monoisotopic (exact) mass is 309 g/mol. The minimum Gasteiger partial charge on any atom is -0.249 e. The third-order valence-electron chi connectivity index (χ3n) is 2.68. The Morgan fingerprint density at radius 2 is 1.38 bits per heavy atom. The van der Waals surface area contributed by atoms with E-state index in [1.807, 2.05) is 0 Å². The summed E-state index contributed by atoms with van der Waals surface area (Å²) in [6.45, 7) is 0. The van der Waals surface area contributed by atoms with Crippen LogP contribution in [0.4, 0.5) is 30.7 Å². The van der Waals surface area contributed by atoms with Gasteiger partial charge in [0.15, 0.2) is 11.5 Å². The maximum absolute atomic E-state index is 13.9. The summed E-state index contributed by atoms with van der Waals surface area (Å²) >= 11 is 0. The number of hydrogen-bond acceptors (Lipinski definition) is 1. The second-order valence-corrected chi connectivity index (χ2v) is 4.06. The highest BCUT2D eigenvalue weighted by molar-refractivity contribution is 5.69. The van der Waals surface area contributed by atoms with E-state index >= 15 is 0 Å². The van der Waals surface area contributed by atoms with Crippen molar-refractivity contribution in [1.29, 1.82) is 0 Å². The lowest BCUT2D eigenvalue weighted by molar-refractivity contribution is -0.143. The third kappa shape index (κ3) is 2.98. The molecule has 0 bridgehead atoms. The lowest BCUT2D eigenvalue weighted by Gasteiger charge is -2.15. The second kappa shape index (κ2) is 5.01. The van der Waals surface area contributed by atoms with Gasteiger partial charge in [0.2, 0.25) is 0 Å². The number of aromatic nitrogens is 1. The Hall–Kier alpha value is -2.12. The van der Waals surface area contributed by atoms with E-state index in [1.54, 1.807) is 0 Å². The van der Waals surface area contributed by atoms with Gasteiger partial charge in [-0.2, -0.15) is 26.3 Å². The number of halogens is 7. The highest BCUT2D eigenvalue weighted by atomic mass is 19.4. The van der Waals surface area contributed by atoms with Crippen LogP contribution < -0.4 is 0 Å². The molecule has 0 saturated carbocycles. The highest BCUT2D eigenvalue weighted by Gasteiger charge is 2.39. The molecule has 1 nitrogen and oxygen atoms in total. The minimum absolute atomic E-state index is 0.619. The van der Waals surface area contributed by atoms with Gasteiger partial charge in [-0.25, -0.2) is 9.37 Å². The summed E-state index contributed by atoms with van der Waals surface area (Å²) in [5.74, 6) is -1.83. The molecule has 1 aromatic carbocycles. The summed E-state index contributed by atoms with van der Waals surface area (Å²) < 4.78 is 90.1. The molecule has 0 N–H and O–H groups in total. The molecule has 0 spiro atoms. The van der Waals surface area contributed by atoms with Gasteiger partial charge in [0.05, 0.1) is 5.56 Å². The van der Waals surface area contributed by atoms with E-state index < -0.39 is 40.6 Å². The maximum Gasteiger partial charge on any atom is 0.436 e. The number of benzene rings is 1. The molecule has 0 aliphatic heterocycles. The van der Waals surface area contributed by atoms with Gasteiger partial charge in [0.25, 0.3) is 0 Å². The number of pyridine rings is 1. The maximum atomic E-state index is 13.9. The fraction of sp³-hybridized carbons (Fsp3) is 0.154. The molecule has 1 aromatic heterocycles. The van der Waals surface area contributed by atoms with Gasteiger partial charge in [0.1, 0.15) is 0 Å². The molecule has 112 valence electrons. The van der Waals surface area contributed by atoms with Crippen molar-refractivity contribution in [3.05, 3.63) is 53.6 Å². The zero-order valence-electron chi connectivity index (χ0n) is 10.1. The minimum atomic E-state index is -5.09. The van der Waals surface area contributed by atoms with Gasteiger partial charge in [-0.3, -0.25) is 0 Å². The van der Waals surface area contributed by atoms with Gasteiger partial charge in [-0.15, -0.1) is 0 Å². The molecule has 0 saturated heterocycles. The van der Waals surface area contributed by atoms with Crippen molar-refractivity contribution < 1.29 is 30.7 Å². The average Bonchev–Trinajstić information content (AvgIpc) is 2.36. The smallest absolute Gasteiger partial charge is 0.249 e. The van der Waals surface area contributed by atoms with Crippen molar-refractivity contribution in [1.82, 2.24) is 4.98 Å². The molecule has 0 unspecified atom stereocenters. The van der Waals surface area contributed by atoms with Gasteiger partial charge in [-0.05, 0) is 17.7 Å². The molecular formula is C13H6F7N. The first-order chi connectivity index (χ1) is 9.62. The zero-order chi connectivity index (χ0) is 15.8. The molecule has 0 radical (unpaired) electrons. The zero-order valence-corrected chi connectivity index (χ0v) is 10.1. The molecule has 8 heteroatoms.